The van der Waals surface area contributed by atoms with E-state index in [2.05, 4.69) is 22.8 Å². The lowest BCUT2D eigenvalue weighted by atomic mass is 9.92. The average molecular weight is 367 g/mol. The summed E-state index contributed by atoms with van der Waals surface area (Å²) in [5, 5.41) is 6.29. The van der Waals surface area contributed by atoms with E-state index in [0.29, 0.717) is 32.5 Å². The molecule has 6 heteroatoms. The fraction of sp³-hybridized carbons (Fsp3) is 0.429. The van der Waals surface area contributed by atoms with Crippen LogP contribution in [0.2, 0.25) is 0 Å². The van der Waals surface area contributed by atoms with Gasteiger partial charge < -0.3 is 20.0 Å². The predicted octanol–water partition coefficient (Wildman–Crippen LogP) is 1.85. The van der Waals surface area contributed by atoms with Crippen LogP contribution in [-0.2, 0) is 29.1 Å². The molecule has 1 atom stereocenters. The number of likely N-dealkylation sites (tertiary alicyclic amines) is 1. The van der Waals surface area contributed by atoms with Gasteiger partial charge in [0.2, 0.25) is 11.8 Å². The Hall–Kier alpha value is -2.60. The topological polar surface area (TPSA) is 74.6 Å². The van der Waals surface area contributed by atoms with Crippen molar-refractivity contribution in [2.75, 3.05) is 13.1 Å². The molecule has 2 aliphatic heterocycles. The molecule has 2 N–H and O–H groups in total. The van der Waals surface area contributed by atoms with Crippen molar-refractivity contribution in [2.24, 2.45) is 5.92 Å². The van der Waals surface area contributed by atoms with Gasteiger partial charge in [-0.25, -0.2) is 0 Å². The number of furan rings is 1. The molecule has 1 aromatic heterocycles. The number of nitrogens with zero attached hydrogens (tertiary/aromatic N) is 1. The second kappa shape index (κ2) is 7.96. The van der Waals surface area contributed by atoms with Gasteiger partial charge in [-0.3, -0.25) is 9.59 Å². The van der Waals surface area contributed by atoms with Gasteiger partial charge >= 0.3 is 0 Å². The van der Waals surface area contributed by atoms with Crippen LogP contribution < -0.4 is 10.6 Å². The lowest BCUT2D eigenvalue weighted by Crippen LogP contribution is -2.52. The summed E-state index contributed by atoms with van der Waals surface area (Å²) in [6.07, 6.45) is 3.75. The molecule has 6 nitrogen and oxygen atoms in total. The van der Waals surface area contributed by atoms with E-state index in [1.807, 2.05) is 29.2 Å². The molecule has 142 valence electrons. The van der Waals surface area contributed by atoms with Crippen molar-refractivity contribution in [2.45, 2.75) is 38.4 Å². The lowest BCUT2D eigenvalue weighted by molar-refractivity contribution is -0.137. The van der Waals surface area contributed by atoms with Crippen molar-refractivity contribution >= 4 is 11.8 Å². The molecule has 2 aromatic rings. The number of benzene rings is 1. The molecule has 1 aromatic carbocycles. The van der Waals surface area contributed by atoms with Crippen LogP contribution >= 0.6 is 0 Å². The molecule has 0 radical (unpaired) electrons. The molecule has 1 fully saturated rings. The van der Waals surface area contributed by atoms with Crippen molar-refractivity contribution in [3.63, 3.8) is 0 Å². The first-order valence-electron chi connectivity index (χ1n) is 9.60. The Morgan fingerprint density at radius 1 is 1.11 bits per heavy atom. The maximum Gasteiger partial charge on any atom is 0.240 e. The SMILES string of the molecule is O=C(NCc1ccco1)C1CCN(C(=O)[C@H]2Cc3ccccc3CN2)CC1. The van der Waals surface area contributed by atoms with Gasteiger partial charge in [-0.15, -0.1) is 0 Å². The molecule has 0 unspecified atom stereocenters. The molecule has 1 saturated heterocycles. The summed E-state index contributed by atoms with van der Waals surface area (Å²) in [7, 11) is 0. The van der Waals surface area contributed by atoms with Crippen LogP contribution in [0.5, 0.6) is 0 Å². The Balaban J connectivity index is 1.26. The van der Waals surface area contributed by atoms with Gasteiger partial charge in [0.15, 0.2) is 0 Å². The number of carbonyl (C=O) groups is 2. The summed E-state index contributed by atoms with van der Waals surface area (Å²) in [4.78, 5) is 27.1. The van der Waals surface area contributed by atoms with Gasteiger partial charge in [-0.1, -0.05) is 24.3 Å². The summed E-state index contributed by atoms with van der Waals surface area (Å²) in [6.45, 7) is 2.42. The number of piperidine rings is 1. The summed E-state index contributed by atoms with van der Waals surface area (Å²) >= 11 is 0. The van der Waals surface area contributed by atoms with Crippen molar-refractivity contribution in [1.82, 2.24) is 15.5 Å². The van der Waals surface area contributed by atoms with E-state index in [1.165, 1.54) is 11.1 Å². The minimum absolute atomic E-state index is 0.0379. The second-order valence-electron chi connectivity index (χ2n) is 7.30. The quantitative estimate of drug-likeness (QED) is 0.865. The Bertz CT molecular complexity index is 795. The molecule has 0 aliphatic carbocycles. The highest BCUT2D eigenvalue weighted by molar-refractivity contribution is 5.83. The third-order valence-corrected chi connectivity index (χ3v) is 5.57. The Kier molecular flexibility index (Phi) is 5.25. The monoisotopic (exact) mass is 367 g/mol. The number of amides is 2. The van der Waals surface area contributed by atoms with Crippen LogP contribution in [0.1, 0.15) is 29.7 Å². The average Bonchev–Trinajstić information content (AvgIpc) is 3.25. The van der Waals surface area contributed by atoms with E-state index >= 15 is 0 Å². The van der Waals surface area contributed by atoms with Gasteiger partial charge in [0, 0.05) is 25.6 Å². The number of fused-ring (bicyclic) bond motifs is 1. The molecule has 0 spiro atoms. The zero-order valence-electron chi connectivity index (χ0n) is 15.3. The third kappa shape index (κ3) is 4.06. The van der Waals surface area contributed by atoms with E-state index in [9.17, 15) is 9.59 Å². The van der Waals surface area contributed by atoms with Crippen LogP contribution in [-0.4, -0.2) is 35.8 Å². The summed E-state index contributed by atoms with van der Waals surface area (Å²) in [5.41, 5.74) is 2.52. The highest BCUT2D eigenvalue weighted by Gasteiger charge is 2.32. The van der Waals surface area contributed by atoms with E-state index in [0.717, 1.165) is 18.7 Å². The summed E-state index contributed by atoms with van der Waals surface area (Å²) in [5.74, 6) is 0.908. The molecule has 0 bridgehead atoms. The van der Waals surface area contributed by atoms with E-state index in [1.54, 1.807) is 6.26 Å². The maximum atomic E-state index is 12.9. The van der Waals surface area contributed by atoms with Crippen molar-refractivity contribution in [3.8, 4) is 0 Å². The first kappa shape index (κ1) is 17.8. The van der Waals surface area contributed by atoms with Crippen LogP contribution in [0.15, 0.2) is 47.1 Å². The third-order valence-electron chi connectivity index (χ3n) is 5.57. The van der Waals surface area contributed by atoms with Gasteiger partial charge in [0.25, 0.3) is 0 Å². The molecule has 2 aliphatic rings. The lowest BCUT2D eigenvalue weighted by Gasteiger charge is -2.35. The first-order valence-corrected chi connectivity index (χ1v) is 9.60. The zero-order valence-corrected chi connectivity index (χ0v) is 15.3. The smallest absolute Gasteiger partial charge is 0.240 e. The molecular weight excluding hydrogens is 342 g/mol. The van der Waals surface area contributed by atoms with Crippen molar-refractivity contribution in [1.29, 1.82) is 0 Å². The molecule has 3 heterocycles. The van der Waals surface area contributed by atoms with Crippen LogP contribution in [0.25, 0.3) is 0 Å². The van der Waals surface area contributed by atoms with E-state index in [-0.39, 0.29) is 23.8 Å². The number of hydrogen-bond acceptors (Lipinski definition) is 4. The molecule has 27 heavy (non-hydrogen) atoms. The van der Waals surface area contributed by atoms with Gasteiger partial charge in [-0.2, -0.15) is 0 Å². The van der Waals surface area contributed by atoms with Gasteiger partial charge in [0.05, 0.1) is 18.8 Å². The summed E-state index contributed by atoms with van der Waals surface area (Å²) < 4.78 is 5.24. The Labute approximate surface area is 158 Å². The van der Waals surface area contributed by atoms with Crippen molar-refractivity contribution < 1.29 is 14.0 Å². The highest BCUT2D eigenvalue weighted by atomic mass is 16.3. The normalized spacial score (nSPS) is 20.1. The number of rotatable bonds is 4. The Morgan fingerprint density at radius 2 is 1.89 bits per heavy atom. The van der Waals surface area contributed by atoms with Crippen LogP contribution in [0.4, 0.5) is 0 Å². The second-order valence-corrected chi connectivity index (χ2v) is 7.30. The minimum atomic E-state index is -0.163. The number of hydrogen-bond donors (Lipinski definition) is 2. The van der Waals surface area contributed by atoms with Gasteiger partial charge in [0.1, 0.15) is 5.76 Å². The van der Waals surface area contributed by atoms with Crippen LogP contribution in [0.3, 0.4) is 0 Å². The fourth-order valence-electron chi connectivity index (χ4n) is 3.94. The Morgan fingerprint density at radius 3 is 2.63 bits per heavy atom. The highest BCUT2D eigenvalue weighted by Crippen LogP contribution is 2.21. The standard InChI is InChI=1S/C21H25N3O3/c25-20(23-14-18-6-3-11-27-18)15-7-9-24(10-8-15)21(26)19-12-16-4-1-2-5-17(16)13-22-19/h1-6,11,15,19,22H,7-10,12-14H2,(H,23,25)/t19-/m1/s1. The molecular formula is C21H25N3O3. The molecule has 0 saturated carbocycles. The predicted molar refractivity (Wildman–Crippen MR) is 101 cm³/mol. The van der Waals surface area contributed by atoms with Crippen LogP contribution in [0, 0.1) is 5.92 Å². The molecule has 2 amide bonds. The van der Waals surface area contributed by atoms with Gasteiger partial charge in [-0.05, 0) is 42.5 Å². The fourth-order valence-corrected chi connectivity index (χ4v) is 3.94. The van der Waals surface area contributed by atoms with E-state index < -0.39 is 0 Å². The maximum absolute atomic E-state index is 12.9. The number of carbonyl (C=O) groups excluding carboxylic acids is 2. The summed E-state index contributed by atoms with van der Waals surface area (Å²) in [6, 6.07) is 11.8. The van der Waals surface area contributed by atoms with Crippen molar-refractivity contribution in [3.05, 3.63) is 59.5 Å². The number of nitrogens with one attached hydrogen (secondary N) is 2. The van der Waals surface area contributed by atoms with E-state index in [4.69, 9.17) is 4.42 Å². The first-order chi connectivity index (χ1) is 13.2. The minimum Gasteiger partial charge on any atom is -0.467 e. The largest absolute Gasteiger partial charge is 0.467 e. The molecule has 4 rings (SSSR count). The zero-order chi connectivity index (χ0) is 18.6.